The van der Waals surface area contributed by atoms with E-state index in [-0.39, 0.29) is 12.0 Å². The van der Waals surface area contributed by atoms with Crippen molar-refractivity contribution in [3.05, 3.63) is 53.3 Å². The van der Waals surface area contributed by atoms with E-state index in [2.05, 4.69) is 10.2 Å². The quantitative estimate of drug-likeness (QED) is 0.846. The van der Waals surface area contributed by atoms with E-state index in [1.807, 2.05) is 31.2 Å². The molecule has 1 atom stereocenters. The first kappa shape index (κ1) is 13.7. The predicted octanol–water partition coefficient (Wildman–Crippen LogP) is 2.00. The van der Waals surface area contributed by atoms with E-state index in [4.69, 9.17) is 4.74 Å². The van der Waals surface area contributed by atoms with E-state index in [9.17, 15) is 4.79 Å². The van der Waals surface area contributed by atoms with Crippen molar-refractivity contribution < 1.29 is 9.53 Å². The molecule has 3 rings (SSSR count). The zero-order valence-corrected chi connectivity index (χ0v) is 12.1. The average molecular weight is 283 g/mol. The van der Waals surface area contributed by atoms with Crippen molar-refractivity contribution in [2.24, 2.45) is 0 Å². The molecule has 0 N–H and O–H groups in total. The summed E-state index contributed by atoms with van der Waals surface area (Å²) in [5.74, 6) is -0.142. The lowest BCUT2D eigenvalue weighted by molar-refractivity contribution is 0.0866. The number of carbonyl (C=O) groups excluding carboxylic acids is 1. The maximum atomic E-state index is 12.7. The molecule has 0 spiro atoms. The fourth-order valence-corrected chi connectivity index (χ4v) is 2.56. The van der Waals surface area contributed by atoms with Crippen LogP contribution in [0.2, 0.25) is 0 Å². The first-order chi connectivity index (χ1) is 10.2. The van der Waals surface area contributed by atoms with Gasteiger partial charge in [-0.25, -0.2) is 0 Å². The standard InChI is InChI=1S/C16H17N3O2/c1-11-7-8-14(18-17-11)16(20)19-10-13(21-2)9-12-5-3-4-6-15(12)19/h3-8,13H,9-10H2,1-2H3. The van der Waals surface area contributed by atoms with Gasteiger partial charge in [0.15, 0.2) is 5.69 Å². The number of ether oxygens (including phenoxy) is 1. The van der Waals surface area contributed by atoms with E-state index < -0.39 is 0 Å². The molecule has 1 aliphatic rings. The number of anilines is 1. The molecule has 21 heavy (non-hydrogen) atoms. The summed E-state index contributed by atoms with van der Waals surface area (Å²) in [7, 11) is 1.67. The molecule has 0 bridgehead atoms. The highest BCUT2D eigenvalue weighted by Crippen LogP contribution is 2.28. The maximum Gasteiger partial charge on any atom is 0.278 e. The zero-order valence-electron chi connectivity index (χ0n) is 12.1. The second kappa shape index (κ2) is 5.61. The van der Waals surface area contributed by atoms with Crippen LogP contribution in [-0.4, -0.2) is 35.9 Å². The number of fused-ring (bicyclic) bond motifs is 1. The number of benzene rings is 1. The number of carbonyl (C=O) groups is 1. The molecule has 0 saturated carbocycles. The summed E-state index contributed by atoms with van der Waals surface area (Å²) in [6, 6.07) is 11.4. The van der Waals surface area contributed by atoms with Gasteiger partial charge < -0.3 is 9.64 Å². The molecule has 0 radical (unpaired) electrons. The van der Waals surface area contributed by atoms with Gasteiger partial charge in [0.25, 0.3) is 5.91 Å². The predicted molar refractivity (Wildman–Crippen MR) is 79.4 cm³/mol. The number of aromatic nitrogens is 2. The summed E-state index contributed by atoms with van der Waals surface area (Å²) in [4.78, 5) is 14.4. The highest BCUT2D eigenvalue weighted by Gasteiger charge is 2.29. The first-order valence-corrected chi connectivity index (χ1v) is 6.92. The first-order valence-electron chi connectivity index (χ1n) is 6.92. The van der Waals surface area contributed by atoms with Crippen molar-refractivity contribution >= 4 is 11.6 Å². The van der Waals surface area contributed by atoms with Gasteiger partial charge in [0, 0.05) is 19.2 Å². The molecule has 108 valence electrons. The monoisotopic (exact) mass is 283 g/mol. The van der Waals surface area contributed by atoms with Crippen LogP contribution in [0, 0.1) is 6.92 Å². The van der Waals surface area contributed by atoms with E-state index in [1.165, 1.54) is 0 Å². The van der Waals surface area contributed by atoms with Gasteiger partial charge in [-0.1, -0.05) is 18.2 Å². The SMILES string of the molecule is COC1Cc2ccccc2N(C(=O)c2ccc(C)nn2)C1. The van der Waals surface area contributed by atoms with Crippen LogP contribution in [0.1, 0.15) is 21.7 Å². The molecule has 1 aliphatic heterocycles. The third-order valence-electron chi connectivity index (χ3n) is 3.71. The molecule has 1 aromatic carbocycles. The number of hydrogen-bond acceptors (Lipinski definition) is 4. The number of aryl methyl sites for hydroxylation is 1. The number of methoxy groups -OCH3 is 1. The second-order valence-corrected chi connectivity index (χ2v) is 5.17. The van der Waals surface area contributed by atoms with E-state index >= 15 is 0 Å². The van der Waals surface area contributed by atoms with Crippen LogP contribution in [0.4, 0.5) is 5.69 Å². The van der Waals surface area contributed by atoms with Gasteiger partial charge in [0.1, 0.15) is 0 Å². The summed E-state index contributed by atoms with van der Waals surface area (Å²) >= 11 is 0. The van der Waals surface area contributed by atoms with Crippen molar-refractivity contribution in [3.63, 3.8) is 0 Å². The lowest BCUT2D eigenvalue weighted by Gasteiger charge is -2.33. The Kier molecular flexibility index (Phi) is 3.66. The summed E-state index contributed by atoms with van der Waals surface area (Å²) < 4.78 is 5.45. The topological polar surface area (TPSA) is 55.3 Å². The summed E-state index contributed by atoms with van der Waals surface area (Å²) in [5.41, 5.74) is 3.19. The van der Waals surface area contributed by atoms with Crippen LogP contribution in [0.25, 0.3) is 0 Å². The van der Waals surface area contributed by atoms with Crippen LogP contribution in [0.5, 0.6) is 0 Å². The van der Waals surface area contributed by atoms with Crippen LogP contribution >= 0.6 is 0 Å². The highest BCUT2D eigenvalue weighted by molar-refractivity contribution is 6.05. The molecule has 0 fully saturated rings. The molecule has 1 aromatic heterocycles. The number of rotatable bonds is 2. The van der Waals surface area contributed by atoms with Crippen LogP contribution < -0.4 is 4.90 Å². The smallest absolute Gasteiger partial charge is 0.278 e. The van der Waals surface area contributed by atoms with Crippen molar-refractivity contribution in [1.29, 1.82) is 0 Å². The fourth-order valence-electron chi connectivity index (χ4n) is 2.56. The number of nitrogens with zero attached hydrogens (tertiary/aromatic N) is 3. The van der Waals surface area contributed by atoms with Gasteiger partial charge >= 0.3 is 0 Å². The van der Waals surface area contributed by atoms with Gasteiger partial charge in [-0.3, -0.25) is 4.79 Å². The molecule has 0 aliphatic carbocycles. The molecule has 2 aromatic rings. The molecule has 1 unspecified atom stereocenters. The lowest BCUT2D eigenvalue weighted by Crippen LogP contribution is -2.43. The van der Waals surface area contributed by atoms with E-state index in [0.717, 1.165) is 23.4 Å². The number of hydrogen-bond donors (Lipinski definition) is 0. The van der Waals surface area contributed by atoms with Crippen molar-refractivity contribution in [2.45, 2.75) is 19.4 Å². The zero-order chi connectivity index (χ0) is 14.8. The summed E-state index contributed by atoms with van der Waals surface area (Å²) in [5, 5.41) is 7.96. The molecule has 1 amide bonds. The van der Waals surface area contributed by atoms with Gasteiger partial charge in [-0.05, 0) is 30.7 Å². The normalized spacial score (nSPS) is 17.4. The van der Waals surface area contributed by atoms with Crippen LogP contribution in [0.15, 0.2) is 36.4 Å². The molecule has 5 nitrogen and oxygen atoms in total. The largest absolute Gasteiger partial charge is 0.379 e. The highest BCUT2D eigenvalue weighted by atomic mass is 16.5. The van der Waals surface area contributed by atoms with Gasteiger partial charge in [0.05, 0.1) is 18.3 Å². The Balaban J connectivity index is 1.97. The minimum absolute atomic E-state index is 0.00209. The van der Waals surface area contributed by atoms with Gasteiger partial charge in [-0.2, -0.15) is 5.10 Å². The summed E-state index contributed by atoms with van der Waals surface area (Å²) in [6.45, 7) is 2.38. The second-order valence-electron chi connectivity index (χ2n) is 5.17. The minimum Gasteiger partial charge on any atom is -0.379 e. The Bertz CT molecular complexity index is 655. The molecule has 2 heterocycles. The Morgan fingerprint density at radius 3 is 2.76 bits per heavy atom. The Hall–Kier alpha value is -2.27. The van der Waals surface area contributed by atoms with Gasteiger partial charge in [-0.15, -0.1) is 5.10 Å². The Morgan fingerprint density at radius 1 is 1.24 bits per heavy atom. The Labute approximate surface area is 123 Å². The molecular weight excluding hydrogens is 266 g/mol. The van der Waals surface area contributed by atoms with Gasteiger partial charge in [0.2, 0.25) is 0 Å². The van der Waals surface area contributed by atoms with Crippen molar-refractivity contribution in [3.8, 4) is 0 Å². The average Bonchev–Trinajstić information content (AvgIpc) is 2.53. The van der Waals surface area contributed by atoms with Crippen LogP contribution in [0.3, 0.4) is 0 Å². The van der Waals surface area contributed by atoms with E-state index in [0.29, 0.717) is 12.2 Å². The molecule has 0 saturated heterocycles. The fraction of sp³-hybridized carbons (Fsp3) is 0.312. The maximum absolute atomic E-state index is 12.7. The van der Waals surface area contributed by atoms with E-state index in [1.54, 1.807) is 24.1 Å². The van der Waals surface area contributed by atoms with Crippen LogP contribution in [-0.2, 0) is 11.2 Å². The third kappa shape index (κ3) is 2.64. The Morgan fingerprint density at radius 2 is 2.05 bits per heavy atom. The lowest BCUT2D eigenvalue weighted by atomic mass is 9.99. The molecule has 5 heteroatoms. The minimum atomic E-state index is -0.142. The number of amides is 1. The molecular formula is C16H17N3O2. The third-order valence-corrected chi connectivity index (χ3v) is 3.71. The van der Waals surface area contributed by atoms with Crippen molar-refractivity contribution in [2.75, 3.05) is 18.6 Å². The summed E-state index contributed by atoms with van der Waals surface area (Å²) in [6.07, 6.45) is 0.818. The van der Waals surface area contributed by atoms with Crippen molar-refractivity contribution in [1.82, 2.24) is 10.2 Å². The number of para-hydroxylation sites is 1.